The van der Waals surface area contributed by atoms with Crippen LogP contribution in [0.4, 0.5) is 5.69 Å². The molecule has 2 aromatic carbocycles. The highest BCUT2D eigenvalue weighted by Crippen LogP contribution is 2.47. The van der Waals surface area contributed by atoms with Gasteiger partial charge in [0.1, 0.15) is 0 Å². The number of thioether (sulfide) groups is 1. The molecule has 1 atom stereocenters. The summed E-state index contributed by atoms with van der Waals surface area (Å²) in [7, 11) is 0. The highest BCUT2D eigenvalue weighted by atomic mass is 32.2. The minimum absolute atomic E-state index is 0.315. The molecule has 0 N–H and O–H groups in total. The second kappa shape index (κ2) is 7.64. The molecule has 0 spiro atoms. The first-order valence-corrected chi connectivity index (χ1v) is 10.9. The fourth-order valence-corrected chi connectivity index (χ4v) is 5.36. The van der Waals surface area contributed by atoms with E-state index in [1.807, 2.05) is 17.8 Å². The summed E-state index contributed by atoms with van der Waals surface area (Å²) in [6, 6.07) is 19.4. The minimum atomic E-state index is 0.315. The van der Waals surface area contributed by atoms with Crippen molar-refractivity contribution < 1.29 is 9.47 Å². The Labute approximate surface area is 175 Å². The molecular weight excluding hydrogens is 380 g/mol. The van der Waals surface area contributed by atoms with Crippen molar-refractivity contribution in [3.8, 4) is 11.5 Å². The molecule has 0 amide bonds. The van der Waals surface area contributed by atoms with Gasteiger partial charge in [0.25, 0.3) is 0 Å². The van der Waals surface area contributed by atoms with Gasteiger partial charge < -0.3 is 14.4 Å². The van der Waals surface area contributed by atoms with E-state index in [1.165, 1.54) is 21.7 Å². The van der Waals surface area contributed by atoms with Crippen molar-refractivity contribution in [1.29, 1.82) is 0 Å². The van der Waals surface area contributed by atoms with Gasteiger partial charge in [0.05, 0.1) is 17.9 Å². The number of hydrogen-bond acceptors (Lipinski definition) is 5. The number of rotatable bonds is 3. The Morgan fingerprint density at radius 1 is 1.03 bits per heavy atom. The van der Waals surface area contributed by atoms with Gasteiger partial charge in [0.2, 0.25) is 6.79 Å². The van der Waals surface area contributed by atoms with Crippen LogP contribution in [0.2, 0.25) is 0 Å². The van der Waals surface area contributed by atoms with Crippen LogP contribution < -0.4 is 14.4 Å². The van der Waals surface area contributed by atoms with E-state index in [9.17, 15) is 0 Å². The van der Waals surface area contributed by atoms with E-state index in [0.717, 1.165) is 42.4 Å². The van der Waals surface area contributed by atoms with E-state index in [1.54, 1.807) is 0 Å². The minimum Gasteiger partial charge on any atom is -0.454 e. The van der Waals surface area contributed by atoms with Gasteiger partial charge in [-0.3, -0.25) is 4.98 Å². The molecule has 0 bridgehead atoms. The van der Waals surface area contributed by atoms with Gasteiger partial charge in [-0.05, 0) is 67.8 Å². The zero-order valence-corrected chi connectivity index (χ0v) is 17.5. The molecule has 1 aromatic heterocycles. The number of aryl methyl sites for hydroxylation is 2. The molecular formula is C24H24N2O2S. The van der Waals surface area contributed by atoms with Gasteiger partial charge in [-0.25, -0.2) is 0 Å². The summed E-state index contributed by atoms with van der Waals surface area (Å²) in [5.74, 6) is 1.70. The Morgan fingerprint density at radius 3 is 2.83 bits per heavy atom. The van der Waals surface area contributed by atoms with Crippen LogP contribution in [-0.4, -0.2) is 18.3 Å². The zero-order chi connectivity index (χ0) is 19.8. The molecule has 0 fully saturated rings. The monoisotopic (exact) mass is 404 g/mol. The quantitative estimate of drug-likeness (QED) is 0.562. The second-order valence-electron chi connectivity index (χ2n) is 7.67. The first kappa shape index (κ1) is 18.4. The number of aromatic nitrogens is 1. The summed E-state index contributed by atoms with van der Waals surface area (Å²) >= 11 is 1.95. The summed E-state index contributed by atoms with van der Waals surface area (Å²) in [6.45, 7) is 6.34. The van der Waals surface area contributed by atoms with Crippen LogP contribution in [0.15, 0.2) is 59.5 Å². The maximum absolute atomic E-state index is 5.61. The molecule has 2 aliphatic rings. The first-order chi connectivity index (χ1) is 14.2. The summed E-state index contributed by atoms with van der Waals surface area (Å²) in [6.07, 6.45) is 1.06. The van der Waals surface area contributed by atoms with Gasteiger partial charge in [0, 0.05) is 22.4 Å². The Morgan fingerprint density at radius 2 is 1.93 bits per heavy atom. The maximum atomic E-state index is 5.61. The third-order valence-corrected chi connectivity index (χ3v) is 6.83. The van der Waals surface area contributed by atoms with Crippen molar-refractivity contribution in [3.63, 3.8) is 0 Å². The Kier molecular flexibility index (Phi) is 4.84. The van der Waals surface area contributed by atoms with Crippen LogP contribution in [-0.2, 0) is 6.54 Å². The zero-order valence-electron chi connectivity index (χ0n) is 16.7. The highest BCUT2D eigenvalue weighted by molar-refractivity contribution is 7.99. The Balaban J connectivity index is 1.47. The molecule has 3 heterocycles. The lowest BCUT2D eigenvalue weighted by atomic mass is 10.1. The third kappa shape index (κ3) is 3.79. The number of nitrogens with zero attached hydrogens (tertiary/aromatic N) is 2. The van der Waals surface area contributed by atoms with Crippen molar-refractivity contribution in [3.05, 3.63) is 77.1 Å². The van der Waals surface area contributed by atoms with Crippen LogP contribution in [0.1, 0.15) is 34.2 Å². The van der Waals surface area contributed by atoms with E-state index >= 15 is 0 Å². The number of ether oxygens (including phenoxy) is 2. The molecule has 4 nitrogen and oxygen atoms in total. The molecule has 5 rings (SSSR count). The molecule has 5 heteroatoms. The average molecular weight is 405 g/mol. The van der Waals surface area contributed by atoms with Crippen LogP contribution >= 0.6 is 11.8 Å². The van der Waals surface area contributed by atoms with E-state index < -0.39 is 0 Å². The van der Waals surface area contributed by atoms with Gasteiger partial charge in [-0.1, -0.05) is 18.2 Å². The number of anilines is 1. The second-order valence-corrected chi connectivity index (χ2v) is 8.92. The van der Waals surface area contributed by atoms with Crippen molar-refractivity contribution in [2.24, 2.45) is 0 Å². The summed E-state index contributed by atoms with van der Waals surface area (Å²) in [4.78, 5) is 8.53. The van der Waals surface area contributed by atoms with Crippen LogP contribution in [0.25, 0.3) is 0 Å². The topological polar surface area (TPSA) is 34.6 Å². The lowest BCUT2D eigenvalue weighted by Gasteiger charge is -2.24. The Bertz CT molecular complexity index is 1050. The molecule has 0 saturated carbocycles. The molecule has 0 unspecified atom stereocenters. The van der Waals surface area contributed by atoms with Crippen molar-refractivity contribution >= 4 is 17.4 Å². The highest BCUT2D eigenvalue weighted by Gasteiger charge is 2.25. The number of benzene rings is 2. The lowest BCUT2D eigenvalue weighted by Crippen LogP contribution is -2.24. The molecule has 148 valence electrons. The molecule has 0 radical (unpaired) electrons. The lowest BCUT2D eigenvalue weighted by molar-refractivity contribution is 0.174. The van der Waals surface area contributed by atoms with Gasteiger partial charge in [-0.15, -0.1) is 11.8 Å². The maximum Gasteiger partial charge on any atom is 0.231 e. The van der Waals surface area contributed by atoms with Crippen molar-refractivity contribution in [1.82, 2.24) is 4.98 Å². The standard InChI is InChI=1S/C24H24N2O2S/c1-16-6-8-20-24(12-16)29-23(18-7-9-21-22(13-18)28-15-27-21)10-11-26(20)14-19-5-3-4-17(2)25-19/h3-9,12-13,23H,10-11,14-15H2,1-2H3/t23-/m0/s1. The van der Waals surface area contributed by atoms with E-state index in [4.69, 9.17) is 14.5 Å². The van der Waals surface area contributed by atoms with Crippen molar-refractivity contribution in [2.75, 3.05) is 18.2 Å². The van der Waals surface area contributed by atoms with E-state index in [2.05, 4.69) is 67.3 Å². The average Bonchev–Trinajstić information content (AvgIpc) is 3.11. The summed E-state index contributed by atoms with van der Waals surface area (Å²) in [5, 5.41) is 0.375. The van der Waals surface area contributed by atoms with Crippen molar-refractivity contribution in [2.45, 2.75) is 37.0 Å². The fourth-order valence-electron chi connectivity index (χ4n) is 3.98. The smallest absolute Gasteiger partial charge is 0.231 e. The Hall–Kier alpha value is -2.66. The van der Waals surface area contributed by atoms with Crippen LogP contribution in [0.5, 0.6) is 11.5 Å². The molecule has 29 heavy (non-hydrogen) atoms. The normalized spacial score (nSPS) is 17.7. The van der Waals surface area contributed by atoms with Crippen LogP contribution in [0.3, 0.4) is 0 Å². The predicted molar refractivity (Wildman–Crippen MR) is 117 cm³/mol. The SMILES string of the molecule is Cc1ccc2c(c1)S[C@H](c1ccc3c(c1)OCO3)CCN2Cc1cccc(C)n1. The summed E-state index contributed by atoms with van der Waals surface area (Å²) in [5.41, 5.74) is 6.06. The number of hydrogen-bond donors (Lipinski definition) is 0. The van der Waals surface area contributed by atoms with Gasteiger partial charge in [-0.2, -0.15) is 0 Å². The molecule has 0 saturated heterocycles. The van der Waals surface area contributed by atoms with Gasteiger partial charge >= 0.3 is 0 Å². The summed E-state index contributed by atoms with van der Waals surface area (Å²) < 4.78 is 11.1. The molecule has 0 aliphatic carbocycles. The van der Waals surface area contributed by atoms with Gasteiger partial charge in [0.15, 0.2) is 11.5 Å². The predicted octanol–water partition coefficient (Wildman–Crippen LogP) is 5.67. The van der Waals surface area contributed by atoms with E-state index in [-0.39, 0.29) is 0 Å². The third-order valence-electron chi connectivity index (χ3n) is 5.45. The molecule has 3 aromatic rings. The van der Waals surface area contributed by atoms with Crippen LogP contribution in [0, 0.1) is 13.8 Å². The largest absolute Gasteiger partial charge is 0.454 e. The molecule has 2 aliphatic heterocycles. The number of fused-ring (bicyclic) bond motifs is 2. The fraction of sp³-hybridized carbons (Fsp3) is 0.292. The first-order valence-electron chi connectivity index (χ1n) is 10.00. The number of pyridine rings is 1. The van der Waals surface area contributed by atoms with E-state index in [0.29, 0.717) is 12.0 Å².